The lowest BCUT2D eigenvalue weighted by molar-refractivity contribution is -0.153. The van der Waals surface area contributed by atoms with Gasteiger partial charge < -0.3 is 4.90 Å². The number of hydrogen-bond acceptors (Lipinski definition) is 6. The van der Waals surface area contributed by atoms with Crippen LogP contribution in [0.2, 0.25) is 0 Å². The Labute approximate surface area is 177 Å². The van der Waals surface area contributed by atoms with Crippen LogP contribution in [0.4, 0.5) is 10.3 Å². The van der Waals surface area contributed by atoms with E-state index in [1.807, 2.05) is 0 Å². The van der Waals surface area contributed by atoms with Crippen LogP contribution < -0.4 is 4.90 Å². The summed E-state index contributed by atoms with van der Waals surface area (Å²) in [5.41, 5.74) is -0.0220. The van der Waals surface area contributed by atoms with Crippen LogP contribution in [0.15, 0.2) is 12.4 Å². The van der Waals surface area contributed by atoms with Gasteiger partial charge in [0.2, 0.25) is 17.8 Å². The second kappa shape index (κ2) is 8.96. The highest BCUT2D eigenvalue weighted by Gasteiger charge is 2.44. The highest BCUT2D eigenvalue weighted by molar-refractivity contribution is 5.98. The van der Waals surface area contributed by atoms with Crippen molar-refractivity contribution in [3.63, 3.8) is 0 Å². The van der Waals surface area contributed by atoms with Crippen molar-refractivity contribution in [1.82, 2.24) is 19.8 Å². The fourth-order valence-corrected chi connectivity index (χ4v) is 5.32. The van der Waals surface area contributed by atoms with Crippen molar-refractivity contribution < 1.29 is 14.0 Å². The van der Waals surface area contributed by atoms with Crippen molar-refractivity contribution >= 4 is 17.8 Å². The summed E-state index contributed by atoms with van der Waals surface area (Å²) in [4.78, 5) is 39.3. The first-order valence-electron chi connectivity index (χ1n) is 11.3. The van der Waals surface area contributed by atoms with Gasteiger partial charge in [-0.25, -0.2) is 14.4 Å². The van der Waals surface area contributed by atoms with E-state index in [2.05, 4.69) is 26.7 Å². The van der Waals surface area contributed by atoms with E-state index in [9.17, 15) is 14.0 Å². The number of likely N-dealkylation sites (tertiary alicyclic amines) is 1. The molecular formula is C22H32FN5O2. The smallest absolute Gasteiger partial charge is 0.229 e. The topological polar surface area (TPSA) is 69.6 Å². The molecule has 0 N–H and O–H groups in total. The second-order valence-corrected chi connectivity index (χ2v) is 9.22. The van der Waals surface area contributed by atoms with Gasteiger partial charge in [0.25, 0.3) is 0 Å². The Hall–Kier alpha value is -2.09. The quantitative estimate of drug-likeness (QED) is 0.663. The van der Waals surface area contributed by atoms with Gasteiger partial charge in [0.1, 0.15) is 0 Å². The molecule has 164 valence electrons. The third-order valence-electron chi connectivity index (χ3n) is 7.15. The van der Waals surface area contributed by atoms with E-state index in [0.29, 0.717) is 31.4 Å². The van der Waals surface area contributed by atoms with Crippen molar-refractivity contribution in [2.45, 2.75) is 64.3 Å². The monoisotopic (exact) mass is 417 g/mol. The van der Waals surface area contributed by atoms with Gasteiger partial charge in [-0.05, 0) is 38.0 Å². The Bertz CT molecular complexity index is 737. The fourth-order valence-electron chi connectivity index (χ4n) is 5.32. The largest absolute Gasteiger partial charge is 0.338 e. The van der Waals surface area contributed by atoms with Gasteiger partial charge in [0.05, 0.1) is 12.4 Å². The molecule has 1 aliphatic carbocycles. The number of imide groups is 1. The van der Waals surface area contributed by atoms with Crippen LogP contribution >= 0.6 is 0 Å². The lowest BCUT2D eigenvalue weighted by Gasteiger charge is -2.39. The predicted molar refractivity (Wildman–Crippen MR) is 111 cm³/mol. The van der Waals surface area contributed by atoms with E-state index in [-0.39, 0.29) is 17.2 Å². The lowest BCUT2D eigenvalue weighted by atomic mass is 9.76. The van der Waals surface area contributed by atoms with Crippen molar-refractivity contribution in [3.8, 4) is 0 Å². The maximum absolute atomic E-state index is 13.0. The number of amides is 2. The maximum atomic E-state index is 13.0. The van der Waals surface area contributed by atoms with Crippen molar-refractivity contribution in [1.29, 1.82) is 0 Å². The van der Waals surface area contributed by atoms with E-state index < -0.39 is 5.82 Å². The predicted octanol–water partition coefficient (Wildman–Crippen LogP) is 2.62. The minimum atomic E-state index is -0.421. The lowest BCUT2D eigenvalue weighted by Crippen LogP contribution is -2.50. The molecule has 2 saturated heterocycles. The SMILES string of the molecule is CC(CCCN1C(=O)CC2(CCCC2)CC1=O)N1CCN(c2ncc(F)cn2)CC1. The molecule has 30 heavy (non-hydrogen) atoms. The first-order valence-corrected chi connectivity index (χ1v) is 11.3. The normalized spacial score (nSPS) is 23.4. The Morgan fingerprint density at radius 3 is 2.23 bits per heavy atom. The van der Waals surface area contributed by atoms with E-state index >= 15 is 0 Å². The van der Waals surface area contributed by atoms with Gasteiger partial charge in [0.15, 0.2) is 5.82 Å². The number of halogens is 1. The summed E-state index contributed by atoms with van der Waals surface area (Å²) in [7, 11) is 0. The molecule has 1 atom stereocenters. The number of carbonyl (C=O) groups excluding carboxylic acids is 2. The van der Waals surface area contributed by atoms with E-state index in [0.717, 1.165) is 64.7 Å². The van der Waals surface area contributed by atoms with E-state index in [1.54, 1.807) is 0 Å². The molecule has 1 saturated carbocycles. The van der Waals surface area contributed by atoms with Gasteiger partial charge >= 0.3 is 0 Å². The second-order valence-electron chi connectivity index (χ2n) is 9.22. The zero-order chi connectivity index (χ0) is 21.1. The number of aromatic nitrogens is 2. The average Bonchev–Trinajstić information content (AvgIpc) is 3.18. The number of piperidine rings is 1. The van der Waals surface area contributed by atoms with Crippen LogP contribution in [0.1, 0.15) is 58.3 Å². The molecule has 0 radical (unpaired) electrons. The molecule has 8 heteroatoms. The summed E-state index contributed by atoms with van der Waals surface area (Å²) in [6.07, 6.45) is 9.68. The Morgan fingerprint density at radius 1 is 1.03 bits per heavy atom. The van der Waals surface area contributed by atoms with Crippen LogP contribution in [0, 0.1) is 11.2 Å². The summed E-state index contributed by atoms with van der Waals surface area (Å²) in [5.74, 6) is 0.225. The third kappa shape index (κ3) is 4.63. The molecule has 1 aromatic rings. The molecule has 2 amide bonds. The molecule has 2 aliphatic heterocycles. The van der Waals surface area contributed by atoms with Crippen molar-refractivity contribution in [2.24, 2.45) is 5.41 Å². The van der Waals surface area contributed by atoms with Crippen LogP contribution in [0.5, 0.6) is 0 Å². The molecule has 0 bridgehead atoms. The van der Waals surface area contributed by atoms with Crippen LogP contribution in [0.3, 0.4) is 0 Å². The summed E-state index contributed by atoms with van der Waals surface area (Å²) in [5, 5.41) is 0. The molecule has 1 aromatic heterocycles. The number of carbonyl (C=O) groups is 2. The molecular weight excluding hydrogens is 385 g/mol. The molecule has 3 aliphatic rings. The highest BCUT2D eigenvalue weighted by Crippen LogP contribution is 2.46. The van der Waals surface area contributed by atoms with Crippen molar-refractivity contribution in [3.05, 3.63) is 18.2 Å². The number of rotatable bonds is 6. The summed E-state index contributed by atoms with van der Waals surface area (Å²) in [6.45, 7) is 6.15. The Kier molecular flexibility index (Phi) is 6.32. The Balaban J connectivity index is 1.20. The van der Waals surface area contributed by atoms with Crippen LogP contribution in [-0.4, -0.2) is 70.3 Å². The molecule has 1 unspecified atom stereocenters. The van der Waals surface area contributed by atoms with Gasteiger partial charge in [0, 0.05) is 51.6 Å². The standard InChI is InChI=1S/C22H32FN5O2/c1-17(26-9-11-27(12-10-26)21-24-15-18(23)16-25-21)5-4-8-28-19(29)13-22(14-20(28)30)6-2-3-7-22/h15-17H,2-14H2,1H3. The summed E-state index contributed by atoms with van der Waals surface area (Å²) in [6, 6.07) is 0.387. The number of anilines is 1. The zero-order valence-corrected chi connectivity index (χ0v) is 17.9. The summed E-state index contributed by atoms with van der Waals surface area (Å²) >= 11 is 0. The van der Waals surface area contributed by atoms with Gasteiger partial charge in [-0.15, -0.1) is 0 Å². The Morgan fingerprint density at radius 2 is 1.63 bits per heavy atom. The first-order chi connectivity index (χ1) is 14.5. The van der Waals surface area contributed by atoms with Crippen molar-refractivity contribution in [2.75, 3.05) is 37.6 Å². The number of hydrogen-bond donors (Lipinski definition) is 0. The molecule has 7 nitrogen and oxygen atoms in total. The van der Waals surface area contributed by atoms with Gasteiger partial charge in [-0.3, -0.25) is 19.4 Å². The third-order valence-corrected chi connectivity index (χ3v) is 7.15. The number of piperazine rings is 1. The molecule has 4 rings (SSSR count). The minimum Gasteiger partial charge on any atom is -0.338 e. The zero-order valence-electron chi connectivity index (χ0n) is 17.9. The molecule has 1 spiro atoms. The van der Waals surface area contributed by atoms with E-state index in [1.165, 1.54) is 17.3 Å². The molecule has 3 fully saturated rings. The number of nitrogens with zero attached hydrogens (tertiary/aromatic N) is 5. The maximum Gasteiger partial charge on any atom is 0.229 e. The molecule has 3 heterocycles. The minimum absolute atomic E-state index is 0.0220. The highest BCUT2D eigenvalue weighted by atomic mass is 19.1. The fraction of sp³-hybridized carbons (Fsp3) is 0.727. The molecule has 0 aromatic carbocycles. The first kappa shape index (κ1) is 21.2. The van der Waals surface area contributed by atoms with Crippen LogP contribution in [-0.2, 0) is 9.59 Å². The van der Waals surface area contributed by atoms with E-state index in [4.69, 9.17) is 0 Å². The average molecular weight is 418 g/mol. The van der Waals surface area contributed by atoms with Crippen LogP contribution in [0.25, 0.3) is 0 Å². The summed E-state index contributed by atoms with van der Waals surface area (Å²) < 4.78 is 13.0. The van der Waals surface area contributed by atoms with Gasteiger partial charge in [-0.1, -0.05) is 12.8 Å². The van der Waals surface area contributed by atoms with Gasteiger partial charge in [-0.2, -0.15) is 0 Å².